The van der Waals surface area contributed by atoms with Gasteiger partial charge in [0.25, 0.3) is 11.5 Å². The fraction of sp³-hybridized carbons (Fsp3) is 0.500. The number of hydrogen-bond acceptors (Lipinski definition) is 7. The van der Waals surface area contributed by atoms with Gasteiger partial charge in [0.2, 0.25) is 0 Å². The maximum atomic E-state index is 13.8. The summed E-state index contributed by atoms with van der Waals surface area (Å²) in [5.41, 5.74) is 8.11. The summed E-state index contributed by atoms with van der Waals surface area (Å²) in [6.45, 7) is 13.6. The van der Waals surface area contributed by atoms with E-state index in [0.29, 0.717) is 11.1 Å². The molecule has 1 fully saturated rings. The molecular formula is C32H40N6O3S. The lowest BCUT2D eigenvalue weighted by atomic mass is 9.88. The molecule has 2 aliphatic rings. The van der Waals surface area contributed by atoms with E-state index >= 15 is 0 Å². The number of carbonyl (C=O) groups excluding carboxylic acids is 1. The molecule has 0 radical (unpaired) electrons. The number of nitrogens with one attached hydrogen (secondary N) is 2. The molecule has 1 saturated heterocycles. The Balaban J connectivity index is 1.31. The van der Waals surface area contributed by atoms with Gasteiger partial charge in [0, 0.05) is 66.2 Å². The van der Waals surface area contributed by atoms with Crippen molar-refractivity contribution in [1.82, 2.24) is 30.0 Å². The van der Waals surface area contributed by atoms with E-state index in [4.69, 9.17) is 9.72 Å². The van der Waals surface area contributed by atoms with Gasteiger partial charge in [0.05, 0.1) is 41.2 Å². The number of amides is 1. The van der Waals surface area contributed by atoms with E-state index in [0.717, 1.165) is 108 Å². The molecule has 10 heteroatoms. The number of H-pyrrole nitrogens is 1. The van der Waals surface area contributed by atoms with Gasteiger partial charge in [-0.1, -0.05) is 13.8 Å². The monoisotopic (exact) mass is 588 g/mol. The third-order valence-electron chi connectivity index (χ3n) is 8.65. The van der Waals surface area contributed by atoms with E-state index in [2.05, 4.69) is 40.3 Å². The van der Waals surface area contributed by atoms with Gasteiger partial charge in [-0.3, -0.25) is 19.2 Å². The van der Waals surface area contributed by atoms with Gasteiger partial charge in [0.15, 0.2) is 0 Å². The van der Waals surface area contributed by atoms with Crippen LogP contribution in [0, 0.1) is 13.8 Å². The highest BCUT2D eigenvalue weighted by Gasteiger charge is 2.23. The molecule has 0 saturated carbocycles. The third kappa shape index (κ3) is 5.67. The van der Waals surface area contributed by atoms with Crippen LogP contribution in [0.25, 0.3) is 21.3 Å². The van der Waals surface area contributed by atoms with Crippen LogP contribution in [-0.2, 0) is 30.7 Å². The van der Waals surface area contributed by atoms with Crippen LogP contribution < -0.4 is 10.9 Å². The van der Waals surface area contributed by atoms with Gasteiger partial charge in [-0.2, -0.15) is 5.10 Å². The fourth-order valence-corrected chi connectivity index (χ4v) is 7.34. The third-order valence-corrected chi connectivity index (χ3v) is 10.0. The number of pyridine rings is 1. The molecule has 1 aliphatic carbocycles. The van der Waals surface area contributed by atoms with Gasteiger partial charge in [-0.15, -0.1) is 11.3 Å². The quantitative estimate of drug-likeness (QED) is 0.308. The summed E-state index contributed by atoms with van der Waals surface area (Å²) in [6.07, 6.45) is 8.01. The molecule has 1 amide bonds. The number of fused-ring (bicyclic) bond motifs is 2. The van der Waals surface area contributed by atoms with Crippen molar-refractivity contribution >= 4 is 27.5 Å². The number of nitrogens with zero attached hydrogens (tertiary/aromatic N) is 4. The zero-order valence-corrected chi connectivity index (χ0v) is 25.8. The van der Waals surface area contributed by atoms with E-state index in [-0.39, 0.29) is 23.9 Å². The van der Waals surface area contributed by atoms with Crippen molar-refractivity contribution in [2.75, 3.05) is 32.8 Å². The van der Waals surface area contributed by atoms with Crippen molar-refractivity contribution in [2.45, 2.75) is 72.4 Å². The summed E-state index contributed by atoms with van der Waals surface area (Å²) in [6, 6.07) is 1.98. The molecule has 0 bridgehead atoms. The minimum Gasteiger partial charge on any atom is -0.379 e. The Bertz CT molecular complexity index is 1680. The van der Waals surface area contributed by atoms with Crippen LogP contribution >= 0.6 is 11.3 Å². The number of hydrogen-bond donors (Lipinski definition) is 2. The number of ether oxygens (including phenoxy) is 1. The number of aromatic nitrogens is 4. The number of aromatic amines is 1. The molecule has 9 nitrogen and oxygen atoms in total. The topological polar surface area (TPSA) is 105 Å². The van der Waals surface area contributed by atoms with Crippen molar-refractivity contribution < 1.29 is 9.53 Å². The van der Waals surface area contributed by atoms with Crippen molar-refractivity contribution in [1.29, 1.82) is 0 Å². The van der Waals surface area contributed by atoms with E-state index in [1.807, 2.05) is 30.8 Å². The summed E-state index contributed by atoms with van der Waals surface area (Å²) in [4.78, 5) is 37.1. The predicted octanol–water partition coefficient (Wildman–Crippen LogP) is 4.73. The zero-order valence-electron chi connectivity index (χ0n) is 25.0. The summed E-state index contributed by atoms with van der Waals surface area (Å²) >= 11 is 1.69. The normalized spacial score (nSPS) is 15.8. The molecular weight excluding hydrogens is 548 g/mol. The predicted molar refractivity (Wildman–Crippen MR) is 167 cm³/mol. The molecule has 2 N–H and O–H groups in total. The number of rotatable bonds is 8. The average molecular weight is 589 g/mol. The smallest absolute Gasteiger partial charge is 0.253 e. The molecule has 4 aromatic rings. The molecule has 0 atom stereocenters. The van der Waals surface area contributed by atoms with E-state index in [1.54, 1.807) is 11.3 Å². The zero-order chi connectivity index (χ0) is 29.4. The van der Waals surface area contributed by atoms with Crippen molar-refractivity contribution in [3.05, 3.63) is 67.3 Å². The fourth-order valence-electron chi connectivity index (χ4n) is 6.17. The number of aryl methyl sites for hydroxylation is 2. The lowest BCUT2D eigenvalue weighted by Crippen LogP contribution is -2.38. The van der Waals surface area contributed by atoms with E-state index < -0.39 is 0 Å². The molecule has 0 unspecified atom stereocenters. The first kappa shape index (κ1) is 28.8. The Morgan fingerprint density at radius 1 is 1.14 bits per heavy atom. The van der Waals surface area contributed by atoms with Crippen LogP contribution in [0.3, 0.4) is 0 Å². The number of carbonyl (C=O) groups is 1. The highest BCUT2D eigenvalue weighted by molar-refractivity contribution is 7.19. The lowest BCUT2D eigenvalue weighted by molar-refractivity contribution is 0.0360. The van der Waals surface area contributed by atoms with Gasteiger partial charge >= 0.3 is 0 Å². The van der Waals surface area contributed by atoms with Crippen LogP contribution in [0.5, 0.6) is 0 Å². The number of thiazole rings is 1. The minimum absolute atomic E-state index is 0.105. The molecule has 6 rings (SSSR count). The molecule has 42 heavy (non-hydrogen) atoms. The first-order valence-electron chi connectivity index (χ1n) is 15.1. The Kier molecular flexibility index (Phi) is 8.29. The molecule has 1 aromatic carbocycles. The molecule has 4 heterocycles. The van der Waals surface area contributed by atoms with Gasteiger partial charge in [-0.25, -0.2) is 4.98 Å². The first-order chi connectivity index (χ1) is 20.3. The average Bonchev–Trinajstić information content (AvgIpc) is 3.65. The van der Waals surface area contributed by atoms with E-state index in [1.165, 1.54) is 5.56 Å². The Hall–Kier alpha value is -3.34. The van der Waals surface area contributed by atoms with E-state index in [9.17, 15) is 9.59 Å². The Labute approximate surface area is 250 Å². The largest absolute Gasteiger partial charge is 0.379 e. The van der Waals surface area contributed by atoms with Crippen molar-refractivity contribution in [3.63, 3.8) is 0 Å². The second-order valence-electron chi connectivity index (χ2n) is 11.8. The molecule has 3 aromatic heterocycles. The van der Waals surface area contributed by atoms with Crippen molar-refractivity contribution in [3.8, 4) is 11.1 Å². The maximum Gasteiger partial charge on any atom is 0.253 e. The van der Waals surface area contributed by atoms with Crippen LogP contribution in [0.2, 0.25) is 0 Å². The number of morpholine rings is 1. The lowest BCUT2D eigenvalue weighted by Gasteiger charge is -2.26. The van der Waals surface area contributed by atoms with Crippen LogP contribution in [-0.4, -0.2) is 63.4 Å². The highest BCUT2D eigenvalue weighted by atomic mass is 32.1. The standard InChI is InChI=1S/C32H40N6O3S/c1-19(2)32-36-28-20(3)25(30(39)33-17-27-24-8-6-5-7-23(24)21(4)35-31(27)40)15-26(29(28)42-32)22-16-34-38(18-22)10-9-37-11-13-41-14-12-37/h15-16,18-19H,5-14,17H2,1-4H3,(H,33,39)(H,35,40). The van der Waals surface area contributed by atoms with Crippen LogP contribution in [0.4, 0.5) is 0 Å². The maximum absolute atomic E-state index is 13.8. The summed E-state index contributed by atoms with van der Waals surface area (Å²) in [5, 5.41) is 8.79. The minimum atomic E-state index is -0.195. The highest BCUT2D eigenvalue weighted by Crippen LogP contribution is 2.38. The summed E-state index contributed by atoms with van der Waals surface area (Å²) < 4.78 is 8.53. The van der Waals surface area contributed by atoms with Crippen LogP contribution in [0.1, 0.15) is 75.9 Å². The molecule has 222 valence electrons. The summed E-state index contributed by atoms with van der Waals surface area (Å²) in [7, 11) is 0. The second kappa shape index (κ2) is 12.1. The summed E-state index contributed by atoms with van der Waals surface area (Å²) in [5.74, 6) is 0.0848. The Morgan fingerprint density at radius 3 is 2.67 bits per heavy atom. The van der Waals surface area contributed by atoms with Crippen molar-refractivity contribution in [2.24, 2.45) is 0 Å². The molecule has 1 aliphatic heterocycles. The first-order valence-corrected chi connectivity index (χ1v) is 15.9. The second-order valence-corrected chi connectivity index (χ2v) is 12.9. The Morgan fingerprint density at radius 2 is 1.90 bits per heavy atom. The van der Waals surface area contributed by atoms with Gasteiger partial charge in [-0.05, 0) is 62.3 Å². The van der Waals surface area contributed by atoms with Crippen LogP contribution in [0.15, 0.2) is 23.3 Å². The SMILES string of the molecule is Cc1[nH]c(=O)c(CNC(=O)c2cc(-c3cnn(CCN4CCOCC4)c3)c3sc(C(C)C)nc3c2C)c2c1CCCC2. The van der Waals surface area contributed by atoms with Gasteiger partial charge in [0.1, 0.15) is 0 Å². The number of benzene rings is 1. The van der Waals surface area contributed by atoms with Gasteiger partial charge < -0.3 is 15.0 Å². The molecule has 0 spiro atoms.